The summed E-state index contributed by atoms with van der Waals surface area (Å²) in [6.45, 7) is 3.20. The van der Waals surface area contributed by atoms with Crippen LogP contribution >= 0.6 is 0 Å². The maximum Gasteiger partial charge on any atom is 0.260 e. The molecule has 1 N–H and O–H groups in total. The van der Waals surface area contributed by atoms with Crippen molar-refractivity contribution in [1.29, 1.82) is 0 Å². The molecule has 0 spiro atoms. The molecule has 0 amide bonds. The molecular weight excluding hydrogens is 238 g/mol. The Morgan fingerprint density at radius 3 is 2.47 bits per heavy atom. The van der Waals surface area contributed by atoms with Crippen LogP contribution in [-0.4, -0.2) is 35.8 Å². The smallest absolute Gasteiger partial charge is 0.260 e. The summed E-state index contributed by atoms with van der Waals surface area (Å²) >= 11 is 0. The zero-order valence-corrected chi connectivity index (χ0v) is 11.0. The van der Waals surface area contributed by atoms with E-state index in [1.165, 1.54) is 6.20 Å². The molecule has 0 unspecified atom stereocenters. The van der Waals surface area contributed by atoms with Crippen LogP contribution in [0.15, 0.2) is 11.2 Å². The summed E-state index contributed by atoms with van der Waals surface area (Å²) in [5.74, 6) is 0.721. The summed E-state index contributed by atoms with van der Waals surface area (Å²) in [5, 5.41) is 0.233. The second-order valence-corrected chi connectivity index (χ2v) is 6.27. The van der Waals surface area contributed by atoms with Gasteiger partial charge in [0.25, 0.3) is 10.0 Å². The van der Waals surface area contributed by atoms with Crippen LogP contribution in [0.4, 0.5) is 0 Å². The van der Waals surface area contributed by atoms with E-state index in [2.05, 4.69) is 9.97 Å². The number of nitrogens with zero attached hydrogens (tertiary/aromatic N) is 2. The molecule has 17 heavy (non-hydrogen) atoms. The SMILES string of the molecule is CCc1ncc(S(=O)(=O)N2CCCCCC2)[nH]1. The zero-order chi connectivity index (χ0) is 12.3. The largest absolute Gasteiger partial charge is 0.332 e. The van der Waals surface area contributed by atoms with E-state index in [0.29, 0.717) is 13.1 Å². The van der Waals surface area contributed by atoms with E-state index >= 15 is 0 Å². The molecule has 0 radical (unpaired) electrons. The molecule has 1 aromatic rings. The number of H-pyrrole nitrogens is 1. The van der Waals surface area contributed by atoms with E-state index < -0.39 is 10.0 Å². The lowest BCUT2D eigenvalue weighted by molar-refractivity contribution is 0.422. The summed E-state index contributed by atoms with van der Waals surface area (Å²) in [7, 11) is -3.36. The van der Waals surface area contributed by atoms with Gasteiger partial charge in [-0.15, -0.1) is 0 Å². The Morgan fingerprint density at radius 2 is 1.94 bits per heavy atom. The molecule has 0 atom stereocenters. The van der Waals surface area contributed by atoms with Gasteiger partial charge in [0, 0.05) is 19.5 Å². The molecule has 1 fully saturated rings. The number of hydrogen-bond donors (Lipinski definition) is 1. The van der Waals surface area contributed by atoms with E-state index in [9.17, 15) is 8.42 Å². The van der Waals surface area contributed by atoms with Gasteiger partial charge in [0.2, 0.25) is 0 Å². The first-order valence-corrected chi connectivity index (χ1v) is 7.62. The summed E-state index contributed by atoms with van der Waals surface area (Å²) < 4.78 is 26.2. The van der Waals surface area contributed by atoms with Crippen LogP contribution in [0.3, 0.4) is 0 Å². The van der Waals surface area contributed by atoms with Crippen LogP contribution in [0.25, 0.3) is 0 Å². The van der Waals surface area contributed by atoms with Gasteiger partial charge < -0.3 is 4.98 Å². The topological polar surface area (TPSA) is 66.1 Å². The van der Waals surface area contributed by atoms with E-state index in [-0.39, 0.29) is 5.03 Å². The van der Waals surface area contributed by atoms with E-state index in [1.807, 2.05) is 6.92 Å². The van der Waals surface area contributed by atoms with Gasteiger partial charge >= 0.3 is 0 Å². The van der Waals surface area contributed by atoms with Crippen LogP contribution in [0.1, 0.15) is 38.4 Å². The molecule has 1 saturated heterocycles. The maximum atomic E-state index is 12.3. The maximum absolute atomic E-state index is 12.3. The monoisotopic (exact) mass is 257 g/mol. The fraction of sp³-hybridized carbons (Fsp3) is 0.727. The molecule has 0 saturated carbocycles. The van der Waals surface area contributed by atoms with Crippen molar-refractivity contribution < 1.29 is 8.42 Å². The van der Waals surface area contributed by atoms with E-state index in [4.69, 9.17) is 0 Å². The Labute approximate surface area is 102 Å². The first-order valence-electron chi connectivity index (χ1n) is 6.18. The quantitative estimate of drug-likeness (QED) is 0.893. The van der Waals surface area contributed by atoms with Gasteiger partial charge in [0.05, 0.1) is 6.20 Å². The standard InChI is InChI=1S/C11H19N3O2S/c1-2-10-12-9-11(13-10)17(15,16)14-7-5-3-4-6-8-14/h9H,2-8H2,1H3,(H,12,13). The predicted molar refractivity (Wildman–Crippen MR) is 65.2 cm³/mol. The molecule has 0 bridgehead atoms. The number of imidazole rings is 1. The normalized spacial score (nSPS) is 19.1. The Hall–Kier alpha value is -0.880. The van der Waals surface area contributed by atoms with Gasteiger partial charge in [-0.25, -0.2) is 13.4 Å². The molecule has 96 valence electrons. The summed E-state index contributed by atoms with van der Waals surface area (Å²) in [4.78, 5) is 6.94. The summed E-state index contributed by atoms with van der Waals surface area (Å²) in [6, 6.07) is 0. The fourth-order valence-electron chi connectivity index (χ4n) is 2.08. The van der Waals surface area contributed by atoms with Crippen LogP contribution in [0.5, 0.6) is 0 Å². The molecule has 2 heterocycles. The molecule has 2 rings (SSSR count). The minimum Gasteiger partial charge on any atom is -0.332 e. The number of nitrogens with one attached hydrogen (secondary N) is 1. The number of aromatic nitrogens is 2. The van der Waals surface area contributed by atoms with Gasteiger partial charge in [-0.1, -0.05) is 19.8 Å². The Balaban J connectivity index is 2.22. The summed E-state index contributed by atoms with van der Waals surface area (Å²) in [5.41, 5.74) is 0. The number of aromatic amines is 1. The Morgan fingerprint density at radius 1 is 1.29 bits per heavy atom. The van der Waals surface area contributed by atoms with Crippen molar-refractivity contribution in [3.05, 3.63) is 12.0 Å². The molecule has 1 aromatic heterocycles. The van der Waals surface area contributed by atoms with Crippen molar-refractivity contribution in [3.63, 3.8) is 0 Å². The molecule has 0 aliphatic carbocycles. The number of sulfonamides is 1. The zero-order valence-electron chi connectivity index (χ0n) is 10.1. The highest BCUT2D eigenvalue weighted by Crippen LogP contribution is 2.18. The molecule has 5 nitrogen and oxygen atoms in total. The van der Waals surface area contributed by atoms with Crippen molar-refractivity contribution in [2.75, 3.05) is 13.1 Å². The van der Waals surface area contributed by atoms with Crippen LogP contribution in [-0.2, 0) is 16.4 Å². The van der Waals surface area contributed by atoms with Gasteiger partial charge in [-0.3, -0.25) is 0 Å². The molecule has 1 aliphatic heterocycles. The van der Waals surface area contributed by atoms with Crippen LogP contribution in [0.2, 0.25) is 0 Å². The van der Waals surface area contributed by atoms with E-state index in [1.54, 1.807) is 4.31 Å². The second-order valence-electron chi connectivity index (χ2n) is 4.37. The van der Waals surface area contributed by atoms with Gasteiger partial charge in [0.1, 0.15) is 5.82 Å². The lowest BCUT2D eigenvalue weighted by atomic mass is 10.2. The van der Waals surface area contributed by atoms with Crippen LogP contribution < -0.4 is 0 Å². The second kappa shape index (κ2) is 5.18. The first-order chi connectivity index (χ1) is 8.14. The van der Waals surface area contributed by atoms with Crippen molar-refractivity contribution in [3.8, 4) is 0 Å². The van der Waals surface area contributed by atoms with Gasteiger partial charge in [0.15, 0.2) is 5.03 Å². The Kier molecular flexibility index (Phi) is 3.83. The molecule has 1 aliphatic rings. The Bertz CT molecular complexity index is 459. The lowest BCUT2D eigenvalue weighted by Gasteiger charge is -2.18. The lowest BCUT2D eigenvalue weighted by Crippen LogP contribution is -2.32. The highest BCUT2D eigenvalue weighted by Gasteiger charge is 2.26. The highest BCUT2D eigenvalue weighted by atomic mass is 32.2. The van der Waals surface area contributed by atoms with Gasteiger partial charge in [-0.2, -0.15) is 4.31 Å². The predicted octanol–water partition coefficient (Wildman–Crippen LogP) is 1.54. The van der Waals surface area contributed by atoms with Crippen molar-refractivity contribution >= 4 is 10.0 Å². The third-order valence-corrected chi connectivity index (χ3v) is 4.93. The summed E-state index contributed by atoms with van der Waals surface area (Å²) in [6.07, 6.45) is 6.29. The minimum atomic E-state index is -3.36. The minimum absolute atomic E-state index is 0.233. The number of hydrogen-bond acceptors (Lipinski definition) is 3. The first kappa shape index (κ1) is 12.6. The van der Waals surface area contributed by atoms with Gasteiger partial charge in [-0.05, 0) is 12.8 Å². The van der Waals surface area contributed by atoms with E-state index in [0.717, 1.165) is 37.9 Å². The number of rotatable bonds is 3. The highest BCUT2D eigenvalue weighted by molar-refractivity contribution is 7.89. The average molecular weight is 257 g/mol. The third-order valence-electron chi connectivity index (χ3n) is 3.12. The molecule has 6 heteroatoms. The number of aryl methyl sites for hydroxylation is 1. The van der Waals surface area contributed by atoms with Crippen molar-refractivity contribution in [2.24, 2.45) is 0 Å². The van der Waals surface area contributed by atoms with Crippen molar-refractivity contribution in [2.45, 2.75) is 44.1 Å². The molecular formula is C11H19N3O2S. The third kappa shape index (κ3) is 2.69. The fourth-order valence-corrected chi connectivity index (χ4v) is 3.52. The average Bonchev–Trinajstić information content (AvgIpc) is 2.64. The van der Waals surface area contributed by atoms with Crippen LogP contribution in [0, 0.1) is 0 Å². The molecule has 0 aromatic carbocycles. The van der Waals surface area contributed by atoms with Crippen molar-refractivity contribution in [1.82, 2.24) is 14.3 Å².